The lowest BCUT2D eigenvalue weighted by molar-refractivity contribution is 0.0697. The smallest absolute Gasteiger partial charge is 0.337 e. The van der Waals surface area contributed by atoms with Crippen molar-refractivity contribution in [3.63, 3.8) is 0 Å². The Labute approximate surface area is 121 Å². The third kappa shape index (κ3) is 2.77. The van der Waals surface area contributed by atoms with Crippen molar-refractivity contribution < 1.29 is 9.90 Å². The maximum Gasteiger partial charge on any atom is 0.337 e. The fraction of sp³-hybridized carbons (Fsp3) is 0.500. The van der Waals surface area contributed by atoms with E-state index >= 15 is 0 Å². The normalized spacial score (nSPS) is 20.6. The van der Waals surface area contributed by atoms with Crippen LogP contribution in [0.3, 0.4) is 0 Å². The Morgan fingerprint density at radius 1 is 1.21 bits per heavy atom. The van der Waals surface area contributed by atoms with Gasteiger partial charge in [-0.05, 0) is 31.0 Å². The van der Waals surface area contributed by atoms with E-state index in [0.29, 0.717) is 5.56 Å². The van der Waals surface area contributed by atoms with Crippen molar-refractivity contribution in [3.8, 4) is 0 Å². The molecule has 5 heteroatoms. The molecule has 2 fully saturated rings. The first-order valence-corrected chi connectivity index (χ1v) is 7.46. The zero-order chi connectivity index (χ0) is 13.4. The lowest BCUT2D eigenvalue weighted by Crippen LogP contribution is -2.47. The quantitative estimate of drug-likeness (QED) is 0.927. The van der Waals surface area contributed by atoms with Crippen LogP contribution in [0.1, 0.15) is 23.2 Å². The number of carboxylic acids is 1. The Hall–Kier alpha value is -1.07. The van der Waals surface area contributed by atoms with E-state index in [-0.39, 0.29) is 0 Å². The van der Waals surface area contributed by atoms with Gasteiger partial charge in [-0.2, -0.15) is 0 Å². The van der Waals surface area contributed by atoms with Gasteiger partial charge in [0.05, 0.1) is 11.3 Å². The summed E-state index contributed by atoms with van der Waals surface area (Å²) in [6.07, 6.45) is 2.66. The minimum Gasteiger partial charge on any atom is -0.478 e. The number of rotatable bonds is 3. The van der Waals surface area contributed by atoms with Gasteiger partial charge in [0.1, 0.15) is 0 Å². The molecule has 1 aliphatic carbocycles. The minimum atomic E-state index is -0.855. The lowest BCUT2D eigenvalue weighted by Gasteiger charge is -2.36. The Morgan fingerprint density at radius 3 is 2.47 bits per heavy atom. The van der Waals surface area contributed by atoms with Crippen LogP contribution in [-0.2, 0) is 0 Å². The standard InChI is InChI=1S/C14H17BrN2O2/c15-10-1-4-12(14(18)19)13(9-10)17-7-5-16(6-8-17)11-2-3-11/h1,4,9,11H,2-3,5-8H2,(H,18,19). The van der Waals surface area contributed by atoms with E-state index in [9.17, 15) is 9.90 Å². The van der Waals surface area contributed by atoms with Crippen LogP contribution < -0.4 is 4.90 Å². The van der Waals surface area contributed by atoms with E-state index in [0.717, 1.165) is 42.4 Å². The first-order valence-electron chi connectivity index (χ1n) is 6.67. The zero-order valence-electron chi connectivity index (χ0n) is 10.7. The van der Waals surface area contributed by atoms with E-state index in [1.54, 1.807) is 12.1 Å². The van der Waals surface area contributed by atoms with Crippen LogP contribution >= 0.6 is 15.9 Å². The summed E-state index contributed by atoms with van der Waals surface area (Å²) in [5.41, 5.74) is 1.22. The average Bonchev–Trinajstić information content (AvgIpc) is 3.23. The van der Waals surface area contributed by atoms with Crippen molar-refractivity contribution in [2.45, 2.75) is 18.9 Å². The molecule has 3 rings (SSSR count). The number of carboxylic acid groups (broad SMARTS) is 1. The van der Waals surface area contributed by atoms with Crippen LogP contribution in [0.25, 0.3) is 0 Å². The van der Waals surface area contributed by atoms with Gasteiger partial charge in [-0.1, -0.05) is 15.9 Å². The van der Waals surface area contributed by atoms with Gasteiger partial charge in [-0.3, -0.25) is 4.90 Å². The number of halogens is 1. The van der Waals surface area contributed by atoms with Crippen LogP contribution in [0.4, 0.5) is 5.69 Å². The summed E-state index contributed by atoms with van der Waals surface area (Å²) in [7, 11) is 0. The summed E-state index contributed by atoms with van der Waals surface area (Å²) >= 11 is 3.43. The van der Waals surface area contributed by atoms with Crippen LogP contribution in [0, 0.1) is 0 Å². The number of hydrogen-bond acceptors (Lipinski definition) is 3. The van der Waals surface area contributed by atoms with Crippen molar-refractivity contribution in [1.82, 2.24) is 4.90 Å². The van der Waals surface area contributed by atoms with E-state index in [1.807, 2.05) is 6.07 Å². The predicted molar refractivity (Wildman–Crippen MR) is 77.9 cm³/mol. The Morgan fingerprint density at radius 2 is 1.89 bits per heavy atom. The largest absolute Gasteiger partial charge is 0.478 e. The SMILES string of the molecule is O=C(O)c1ccc(Br)cc1N1CCN(C2CC2)CC1. The number of aromatic carboxylic acids is 1. The molecular weight excluding hydrogens is 308 g/mol. The molecule has 0 aromatic heterocycles. The van der Waals surface area contributed by atoms with Gasteiger partial charge in [-0.25, -0.2) is 4.79 Å². The molecule has 19 heavy (non-hydrogen) atoms. The molecule has 0 bridgehead atoms. The van der Waals surface area contributed by atoms with Crippen molar-refractivity contribution in [1.29, 1.82) is 0 Å². The summed E-state index contributed by atoms with van der Waals surface area (Å²) in [6, 6.07) is 6.17. The molecule has 1 heterocycles. The molecule has 4 nitrogen and oxygen atoms in total. The summed E-state index contributed by atoms with van der Waals surface area (Å²) in [6.45, 7) is 3.90. The molecule has 1 N–H and O–H groups in total. The minimum absolute atomic E-state index is 0.392. The molecule has 1 saturated heterocycles. The first kappa shape index (κ1) is 12.9. The third-order valence-corrected chi connectivity index (χ3v) is 4.40. The molecule has 1 saturated carbocycles. The molecule has 0 unspecified atom stereocenters. The fourth-order valence-electron chi connectivity index (χ4n) is 2.71. The third-order valence-electron chi connectivity index (χ3n) is 3.91. The second kappa shape index (κ2) is 5.13. The van der Waals surface area contributed by atoms with Gasteiger partial charge in [0.2, 0.25) is 0 Å². The average molecular weight is 325 g/mol. The van der Waals surface area contributed by atoms with Crippen LogP contribution in [0.15, 0.2) is 22.7 Å². The monoisotopic (exact) mass is 324 g/mol. The maximum atomic E-state index is 11.3. The summed E-state index contributed by atoms with van der Waals surface area (Å²) in [4.78, 5) is 16.0. The second-order valence-electron chi connectivity index (χ2n) is 5.22. The van der Waals surface area contributed by atoms with Gasteiger partial charge in [0.15, 0.2) is 0 Å². The van der Waals surface area contributed by atoms with Gasteiger partial charge in [0, 0.05) is 36.7 Å². The van der Waals surface area contributed by atoms with E-state index in [1.165, 1.54) is 12.8 Å². The first-order chi connectivity index (χ1) is 9.15. The highest BCUT2D eigenvalue weighted by molar-refractivity contribution is 9.10. The highest BCUT2D eigenvalue weighted by Gasteiger charge is 2.31. The summed E-state index contributed by atoms with van der Waals surface area (Å²) in [5, 5.41) is 9.29. The van der Waals surface area contributed by atoms with E-state index in [4.69, 9.17) is 0 Å². The Bertz CT molecular complexity index is 494. The van der Waals surface area contributed by atoms with Crippen molar-refractivity contribution >= 4 is 27.6 Å². The summed E-state index contributed by atoms with van der Waals surface area (Å²) in [5.74, 6) is -0.855. The Balaban J connectivity index is 1.78. The maximum absolute atomic E-state index is 11.3. The molecule has 0 amide bonds. The molecule has 102 valence electrons. The van der Waals surface area contributed by atoms with E-state index in [2.05, 4.69) is 25.7 Å². The number of benzene rings is 1. The number of hydrogen-bond donors (Lipinski definition) is 1. The number of piperazine rings is 1. The van der Waals surface area contributed by atoms with Crippen LogP contribution in [-0.4, -0.2) is 48.2 Å². The van der Waals surface area contributed by atoms with E-state index < -0.39 is 5.97 Å². The van der Waals surface area contributed by atoms with Gasteiger partial charge < -0.3 is 10.0 Å². The van der Waals surface area contributed by atoms with Gasteiger partial charge >= 0.3 is 5.97 Å². The van der Waals surface area contributed by atoms with Crippen LogP contribution in [0.2, 0.25) is 0 Å². The second-order valence-corrected chi connectivity index (χ2v) is 6.14. The molecule has 1 aromatic carbocycles. The van der Waals surface area contributed by atoms with Gasteiger partial charge in [-0.15, -0.1) is 0 Å². The molecular formula is C14H17BrN2O2. The fourth-order valence-corrected chi connectivity index (χ4v) is 3.06. The van der Waals surface area contributed by atoms with Crippen molar-refractivity contribution in [3.05, 3.63) is 28.2 Å². The number of carbonyl (C=O) groups is 1. The van der Waals surface area contributed by atoms with Crippen molar-refractivity contribution in [2.75, 3.05) is 31.1 Å². The zero-order valence-corrected chi connectivity index (χ0v) is 12.3. The Kier molecular flexibility index (Phi) is 3.50. The molecule has 0 spiro atoms. The molecule has 0 radical (unpaired) electrons. The molecule has 0 atom stereocenters. The number of anilines is 1. The number of nitrogens with zero attached hydrogens (tertiary/aromatic N) is 2. The summed E-state index contributed by atoms with van der Waals surface area (Å²) < 4.78 is 0.928. The molecule has 1 aromatic rings. The van der Waals surface area contributed by atoms with Crippen molar-refractivity contribution in [2.24, 2.45) is 0 Å². The lowest BCUT2D eigenvalue weighted by atomic mass is 10.1. The highest BCUT2D eigenvalue weighted by Crippen LogP contribution is 2.30. The molecule has 2 aliphatic rings. The molecule has 1 aliphatic heterocycles. The predicted octanol–water partition coefficient (Wildman–Crippen LogP) is 2.43. The van der Waals surface area contributed by atoms with Gasteiger partial charge in [0.25, 0.3) is 0 Å². The topological polar surface area (TPSA) is 43.8 Å². The highest BCUT2D eigenvalue weighted by atomic mass is 79.9. The van der Waals surface area contributed by atoms with Crippen LogP contribution in [0.5, 0.6) is 0 Å².